The smallest absolute Gasteiger partial charge is 0.144 e. The molecule has 6 rings (SSSR count). The lowest BCUT2D eigenvalue weighted by Crippen LogP contribution is -2.11. The molecule has 30 heavy (non-hydrogen) atoms. The summed E-state index contributed by atoms with van der Waals surface area (Å²) in [6.45, 7) is 6.72. The molecule has 3 heteroatoms. The summed E-state index contributed by atoms with van der Waals surface area (Å²) in [5.74, 6) is 0. The SMILES string of the molecule is CC(C)(C)c1ccnc(-c2cccc3c2oc2c3ccc3sc4c(c32)CCCC4)c1. The number of rotatable bonds is 1. The van der Waals surface area contributed by atoms with E-state index >= 15 is 0 Å². The number of nitrogens with zero attached hydrogens (tertiary/aromatic N) is 1. The Bertz CT molecular complexity index is 1430. The molecule has 1 aliphatic carbocycles. The normalized spacial score (nSPS) is 14.6. The van der Waals surface area contributed by atoms with Crippen LogP contribution in [0.5, 0.6) is 0 Å². The molecule has 0 aliphatic heterocycles. The molecule has 0 N–H and O–H groups in total. The molecule has 0 bridgehead atoms. The lowest BCUT2D eigenvalue weighted by atomic mass is 9.87. The first-order valence-corrected chi connectivity index (χ1v) is 11.7. The van der Waals surface area contributed by atoms with E-state index in [-0.39, 0.29) is 5.41 Å². The van der Waals surface area contributed by atoms with Crippen LogP contribution in [0.2, 0.25) is 0 Å². The Morgan fingerprint density at radius 2 is 1.77 bits per heavy atom. The number of benzene rings is 2. The van der Waals surface area contributed by atoms with Crippen LogP contribution in [0.1, 0.15) is 49.6 Å². The predicted molar refractivity (Wildman–Crippen MR) is 128 cm³/mol. The molecule has 2 nitrogen and oxygen atoms in total. The van der Waals surface area contributed by atoms with Crippen LogP contribution in [0, 0.1) is 0 Å². The monoisotopic (exact) mass is 411 g/mol. The van der Waals surface area contributed by atoms with Crippen molar-refractivity contribution in [1.29, 1.82) is 0 Å². The predicted octanol–water partition coefficient (Wildman–Crippen LogP) is 8.04. The highest BCUT2D eigenvalue weighted by atomic mass is 32.1. The second kappa shape index (κ2) is 6.42. The fourth-order valence-corrected chi connectivity index (χ4v) is 6.14. The van der Waals surface area contributed by atoms with E-state index in [0.717, 1.165) is 22.4 Å². The molecule has 3 aromatic heterocycles. The molecule has 0 saturated heterocycles. The van der Waals surface area contributed by atoms with Crippen molar-refractivity contribution in [3.05, 3.63) is 64.7 Å². The third-order valence-electron chi connectivity index (χ3n) is 6.48. The number of furan rings is 1. The van der Waals surface area contributed by atoms with E-state index < -0.39 is 0 Å². The summed E-state index contributed by atoms with van der Waals surface area (Å²) in [6, 6.07) is 15.3. The fourth-order valence-electron chi connectivity index (χ4n) is 4.85. The molecular formula is C27H25NOS. The Morgan fingerprint density at radius 3 is 2.63 bits per heavy atom. The van der Waals surface area contributed by atoms with Gasteiger partial charge in [-0.3, -0.25) is 4.98 Å². The highest BCUT2D eigenvalue weighted by Crippen LogP contribution is 2.44. The number of pyridine rings is 1. The topological polar surface area (TPSA) is 26.0 Å². The van der Waals surface area contributed by atoms with Crippen LogP contribution in [0.25, 0.3) is 43.3 Å². The van der Waals surface area contributed by atoms with E-state index in [0.29, 0.717) is 0 Å². The van der Waals surface area contributed by atoms with Gasteiger partial charge in [-0.25, -0.2) is 0 Å². The van der Waals surface area contributed by atoms with Crippen molar-refractivity contribution in [2.24, 2.45) is 0 Å². The van der Waals surface area contributed by atoms with Crippen molar-refractivity contribution in [3.8, 4) is 11.3 Å². The van der Waals surface area contributed by atoms with Gasteiger partial charge in [0.1, 0.15) is 11.2 Å². The lowest BCUT2D eigenvalue weighted by Gasteiger charge is -2.19. The first-order valence-electron chi connectivity index (χ1n) is 10.9. The van der Waals surface area contributed by atoms with E-state index in [1.807, 2.05) is 17.5 Å². The largest absolute Gasteiger partial charge is 0.455 e. The van der Waals surface area contributed by atoms with Crippen LogP contribution in [0.3, 0.4) is 0 Å². The first-order chi connectivity index (χ1) is 14.5. The van der Waals surface area contributed by atoms with Gasteiger partial charge >= 0.3 is 0 Å². The molecule has 0 atom stereocenters. The standard InChI is InChI=1S/C27H25NOS/c1-27(2,3)16-13-14-28-21(15-16)19-9-6-8-17-18-11-12-23-24(26(18)29-25(17)19)20-7-4-5-10-22(20)30-23/h6,8-9,11-15H,4-5,7,10H2,1-3H3. The van der Waals surface area contributed by atoms with Gasteiger partial charge in [-0.05, 0) is 72.6 Å². The van der Waals surface area contributed by atoms with E-state index in [9.17, 15) is 0 Å². The summed E-state index contributed by atoms with van der Waals surface area (Å²) in [7, 11) is 0. The van der Waals surface area contributed by atoms with Gasteiger partial charge in [0.15, 0.2) is 0 Å². The van der Waals surface area contributed by atoms with Crippen LogP contribution in [-0.4, -0.2) is 4.98 Å². The van der Waals surface area contributed by atoms with Crippen molar-refractivity contribution >= 4 is 43.4 Å². The summed E-state index contributed by atoms with van der Waals surface area (Å²) in [5.41, 5.74) is 6.97. The molecule has 0 radical (unpaired) electrons. The molecule has 0 spiro atoms. The van der Waals surface area contributed by atoms with Gasteiger partial charge in [0.25, 0.3) is 0 Å². The minimum absolute atomic E-state index is 0.0847. The molecule has 1 aliphatic rings. The Morgan fingerprint density at radius 1 is 0.933 bits per heavy atom. The van der Waals surface area contributed by atoms with Crippen LogP contribution < -0.4 is 0 Å². The minimum atomic E-state index is 0.0847. The highest BCUT2D eigenvalue weighted by molar-refractivity contribution is 7.19. The van der Waals surface area contributed by atoms with Gasteiger partial charge in [-0.1, -0.05) is 32.9 Å². The maximum absolute atomic E-state index is 6.67. The van der Waals surface area contributed by atoms with Gasteiger partial charge in [0.05, 0.1) is 5.69 Å². The van der Waals surface area contributed by atoms with E-state index in [1.165, 1.54) is 57.7 Å². The van der Waals surface area contributed by atoms with Crippen molar-refractivity contribution in [2.75, 3.05) is 0 Å². The molecule has 0 amide bonds. The van der Waals surface area contributed by atoms with Crippen LogP contribution in [0.15, 0.2) is 53.1 Å². The van der Waals surface area contributed by atoms with Gasteiger partial charge in [-0.15, -0.1) is 11.3 Å². The second-order valence-electron chi connectivity index (χ2n) is 9.49. The average molecular weight is 412 g/mol. The van der Waals surface area contributed by atoms with E-state index in [2.05, 4.69) is 63.2 Å². The Hall–Kier alpha value is -2.65. The number of hydrogen-bond acceptors (Lipinski definition) is 3. The van der Waals surface area contributed by atoms with Crippen molar-refractivity contribution < 1.29 is 4.42 Å². The second-order valence-corrected chi connectivity index (χ2v) is 10.6. The first kappa shape index (κ1) is 18.1. The Kier molecular flexibility index (Phi) is 3.88. The number of fused-ring (bicyclic) bond motifs is 7. The molecule has 3 heterocycles. The number of aromatic nitrogens is 1. The van der Waals surface area contributed by atoms with Crippen molar-refractivity contribution in [3.63, 3.8) is 0 Å². The maximum Gasteiger partial charge on any atom is 0.144 e. The number of aryl methyl sites for hydroxylation is 2. The van der Waals surface area contributed by atoms with Crippen LogP contribution >= 0.6 is 11.3 Å². The van der Waals surface area contributed by atoms with E-state index in [1.54, 1.807) is 4.88 Å². The fraction of sp³-hybridized carbons (Fsp3) is 0.296. The van der Waals surface area contributed by atoms with Crippen LogP contribution in [0.4, 0.5) is 0 Å². The zero-order chi connectivity index (χ0) is 20.5. The highest BCUT2D eigenvalue weighted by Gasteiger charge is 2.22. The van der Waals surface area contributed by atoms with E-state index in [4.69, 9.17) is 9.40 Å². The third kappa shape index (κ3) is 2.65. The zero-order valence-electron chi connectivity index (χ0n) is 17.7. The summed E-state index contributed by atoms with van der Waals surface area (Å²) in [4.78, 5) is 6.27. The Labute approximate surface area is 180 Å². The summed E-state index contributed by atoms with van der Waals surface area (Å²) in [5, 5.41) is 3.76. The maximum atomic E-state index is 6.67. The van der Waals surface area contributed by atoms with Crippen molar-refractivity contribution in [1.82, 2.24) is 4.98 Å². The summed E-state index contributed by atoms with van der Waals surface area (Å²) in [6.07, 6.45) is 6.90. The molecule has 0 saturated carbocycles. The summed E-state index contributed by atoms with van der Waals surface area (Å²) < 4.78 is 8.03. The zero-order valence-corrected chi connectivity index (χ0v) is 18.5. The lowest BCUT2D eigenvalue weighted by molar-refractivity contribution is 0.589. The minimum Gasteiger partial charge on any atom is -0.455 e. The average Bonchev–Trinajstić information content (AvgIpc) is 3.31. The number of hydrogen-bond donors (Lipinski definition) is 0. The van der Waals surface area contributed by atoms with Gasteiger partial charge in [-0.2, -0.15) is 0 Å². The molecule has 2 aromatic carbocycles. The molecular weight excluding hydrogens is 386 g/mol. The van der Waals surface area contributed by atoms with Crippen molar-refractivity contribution in [2.45, 2.75) is 51.9 Å². The molecule has 0 fully saturated rings. The molecule has 5 aromatic rings. The van der Waals surface area contributed by atoms with Crippen LogP contribution in [-0.2, 0) is 18.3 Å². The van der Waals surface area contributed by atoms with Gasteiger partial charge in [0, 0.05) is 37.5 Å². The number of thiophene rings is 1. The van der Waals surface area contributed by atoms with Gasteiger partial charge < -0.3 is 4.42 Å². The third-order valence-corrected chi connectivity index (χ3v) is 7.74. The molecule has 0 unspecified atom stereocenters. The number of para-hydroxylation sites is 1. The Balaban J connectivity index is 1.65. The molecule has 150 valence electrons. The quantitative estimate of drug-likeness (QED) is 0.279. The summed E-state index contributed by atoms with van der Waals surface area (Å²) >= 11 is 1.96. The van der Waals surface area contributed by atoms with Gasteiger partial charge in [0.2, 0.25) is 0 Å².